The van der Waals surface area contributed by atoms with Crippen LogP contribution >= 0.6 is 0 Å². The summed E-state index contributed by atoms with van der Waals surface area (Å²) in [5.41, 5.74) is 1.11. The van der Waals surface area contributed by atoms with Gasteiger partial charge in [-0.1, -0.05) is 6.92 Å². The van der Waals surface area contributed by atoms with Crippen LogP contribution in [0.4, 0.5) is 0 Å². The van der Waals surface area contributed by atoms with Crippen LogP contribution in [-0.2, 0) is 6.54 Å². The Kier molecular flexibility index (Phi) is 4.41. The van der Waals surface area contributed by atoms with Crippen LogP contribution in [0.5, 0.6) is 0 Å². The maximum absolute atomic E-state index is 4.33. The molecule has 0 aromatic carbocycles. The second-order valence-electron chi connectivity index (χ2n) is 4.12. The fourth-order valence-corrected chi connectivity index (χ4v) is 1.81. The molecule has 18 heavy (non-hydrogen) atoms. The van der Waals surface area contributed by atoms with Crippen molar-refractivity contribution in [3.05, 3.63) is 42.2 Å². The SMILES string of the molecule is CCCNC(c1cnn(CC)c1)c1ncccn1. The van der Waals surface area contributed by atoms with Gasteiger partial charge in [-0.05, 0) is 26.0 Å². The minimum absolute atomic E-state index is 0.0199. The summed E-state index contributed by atoms with van der Waals surface area (Å²) in [4.78, 5) is 8.67. The summed E-state index contributed by atoms with van der Waals surface area (Å²) in [6.07, 6.45) is 8.54. The number of aromatic nitrogens is 4. The van der Waals surface area contributed by atoms with Gasteiger partial charge in [0.15, 0.2) is 0 Å². The molecule has 0 aliphatic heterocycles. The van der Waals surface area contributed by atoms with Gasteiger partial charge < -0.3 is 5.32 Å². The molecule has 1 N–H and O–H groups in total. The Morgan fingerprint density at radius 1 is 1.28 bits per heavy atom. The van der Waals surface area contributed by atoms with Gasteiger partial charge in [0.25, 0.3) is 0 Å². The maximum atomic E-state index is 4.33. The van der Waals surface area contributed by atoms with E-state index in [-0.39, 0.29) is 6.04 Å². The first-order valence-corrected chi connectivity index (χ1v) is 6.37. The molecule has 2 rings (SSSR count). The van der Waals surface area contributed by atoms with Crippen molar-refractivity contribution in [1.29, 1.82) is 0 Å². The number of aryl methyl sites for hydroxylation is 1. The molecule has 5 heteroatoms. The lowest BCUT2D eigenvalue weighted by Crippen LogP contribution is -2.24. The number of hydrogen-bond acceptors (Lipinski definition) is 4. The molecule has 0 radical (unpaired) electrons. The Morgan fingerprint density at radius 2 is 2.06 bits per heavy atom. The lowest BCUT2D eigenvalue weighted by atomic mass is 10.1. The summed E-state index contributed by atoms with van der Waals surface area (Å²) >= 11 is 0. The van der Waals surface area contributed by atoms with E-state index in [1.807, 2.05) is 23.1 Å². The van der Waals surface area contributed by atoms with E-state index in [4.69, 9.17) is 0 Å². The fraction of sp³-hybridized carbons (Fsp3) is 0.462. The molecule has 0 saturated carbocycles. The van der Waals surface area contributed by atoms with E-state index < -0.39 is 0 Å². The molecule has 5 nitrogen and oxygen atoms in total. The zero-order valence-corrected chi connectivity index (χ0v) is 10.9. The van der Waals surface area contributed by atoms with Gasteiger partial charge in [0, 0.05) is 30.7 Å². The molecule has 0 saturated heterocycles. The van der Waals surface area contributed by atoms with E-state index in [0.29, 0.717) is 0 Å². The monoisotopic (exact) mass is 245 g/mol. The van der Waals surface area contributed by atoms with Crippen molar-refractivity contribution in [2.75, 3.05) is 6.54 Å². The summed E-state index contributed by atoms with van der Waals surface area (Å²) < 4.78 is 1.92. The van der Waals surface area contributed by atoms with Crippen LogP contribution in [0.25, 0.3) is 0 Å². The van der Waals surface area contributed by atoms with Crippen LogP contribution in [0.2, 0.25) is 0 Å². The smallest absolute Gasteiger partial charge is 0.149 e. The topological polar surface area (TPSA) is 55.6 Å². The zero-order valence-electron chi connectivity index (χ0n) is 10.9. The maximum Gasteiger partial charge on any atom is 0.149 e. The first-order chi connectivity index (χ1) is 8.85. The van der Waals surface area contributed by atoms with Crippen LogP contribution in [-0.4, -0.2) is 26.3 Å². The van der Waals surface area contributed by atoms with Gasteiger partial charge in [0.1, 0.15) is 5.82 Å². The zero-order chi connectivity index (χ0) is 12.8. The Hall–Kier alpha value is -1.75. The fourth-order valence-electron chi connectivity index (χ4n) is 1.81. The minimum Gasteiger partial charge on any atom is -0.304 e. The summed E-state index contributed by atoms with van der Waals surface area (Å²) in [5.74, 6) is 0.793. The largest absolute Gasteiger partial charge is 0.304 e. The predicted molar refractivity (Wildman–Crippen MR) is 70.1 cm³/mol. The second kappa shape index (κ2) is 6.26. The van der Waals surface area contributed by atoms with E-state index in [0.717, 1.165) is 30.9 Å². The standard InChI is InChI=1S/C13H19N5/c1-3-6-14-12(13-15-7-5-8-16-13)11-9-17-18(4-2)10-11/h5,7-10,12,14H,3-4,6H2,1-2H3. The van der Waals surface area contributed by atoms with Crippen molar-refractivity contribution < 1.29 is 0 Å². The third-order valence-electron chi connectivity index (χ3n) is 2.75. The van der Waals surface area contributed by atoms with E-state index in [1.165, 1.54) is 0 Å². The molecule has 0 spiro atoms. The van der Waals surface area contributed by atoms with Crippen molar-refractivity contribution in [2.24, 2.45) is 0 Å². The van der Waals surface area contributed by atoms with Gasteiger partial charge in [0.2, 0.25) is 0 Å². The lowest BCUT2D eigenvalue weighted by molar-refractivity contribution is 0.570. The number of hydrogen-bond donors (Lipinski definition) is 1. The summed E-state index contributed by atoms with van der Waals surface area (Å²) in [6.45, 7) is 6.02. The second-order valence-corrected chi connectivity index (χ2v) is 4.12. The molecule has 1 unspecified atom stereocenters. The molecule has 96 valence electrons. The van der Waals surface area contributed by atoms with Crippen LogP contribution in [0.1, 0.15) is 37.7 Å². The van der Waals surface area contributed by atoms with Gasteiger partial charge in [-0.15, -0.1) is 0 Å². The molecule has 1 atom stereocenters. The Bertz CT molecular complexity index is 465. The molecule has 0 aliphatic rings. The van der Waals surface area contributed by atoms with Gasteiger partial charge in [-0.25, -0.2) is 9.97 Å². The Morgan fingerprint density at radius 3 is 2.67 bits per heavy atom. The molecule has 0 fully saturated rings. The van der Waals surface area contributed by atoms with E-state index in [9.17, 15) is 0 Å². The predicted octanol–water partition coefficient (Wildman–Crippen LogP) is 1.78. The number of nitrogens with zero attached hydrogens (tertiary/aromatic N) is 4. The molecular formula is C13H19N5. The van der Waals surface area contributed by atoms with Crippen LogP contribution in [0.3, 0.4) is 0 Å². The van der Waals surface area contributed by atoms with Crippen molar-refractivity contribution >= 4 is 0 Å². The highest BCUT2D eigenvalue weighted by Gasteiger charge is 2.17. The van der Waals surface area contributed by atoms with Crippen molar-refractivity contribution in [2.45, 2.75) is 32.9 Å². The highest BCUT2D eigenvalue weighted by Crippen LogP contribution is 2.17. The first-order valence-electron chi connectivity index (χ1n) is 6.37. The molecular weight excluding hydrogens is 226 g/mol. The molecule has 0 bridgehead atoms. The van der Waals surface area contributed by atoms with Crippen molar-refractivity contribution in [1.82, 2.24) is 25.1 Å². The van der Waals surface area contributed by atoms with Gasteiger partial charge in [0.05, 0.1) is 12.2 Å². The summed E-state index contributed by atoms with van der Waals surface area (Å²) in [5, 5.41) is 7.77. The Balaban J connectivity index is 2.24. The number of nitrogens with one attached hydrogen (secondary N) is 1. The average molecular weight is 245 g/mol. The quantitative estimate of drug-likeness (QED) is 0.843. The van der Waals surface area contributed by atoms with E-state index in [1.54, 1.807) is 12.4 Å². The van der Waals surface area contributed by atoms with Crippen LogP contribution in [0, 0.1) is 0 Å². The average Bonchev–Trinajstić information content (AvgIpc) is 2.89. The molecule has 2 aromatic heterocycles. The molecule has 2 heterocycles. The third-order valence-corrected chi connectivity index (χ3v) is 2.75. The van der Waals surface area contributed by atoms with Gasteiger partial charge >= 0.3 is 0 Å². The first kappa shape index (κ1) is 12.7. The summed E-state index contributed by atoms with van der Waals surface area (Å²) in [6, 6.07) is 1.85. The molecule has 2 aromatic rings. The highest BCUT2D eigenvalue weighted by molar-refractivity contribution is 5.19. The van der Waals surface area contributed by atoms with Gasteiger partial charge in [-0.3, -0.25) is 4.68 Å². The highest BCUT2D eigenvalue weighted by atomic mass is 15.3. The Labute approximate surface area is 107 Å². The summed E-state index contributed by atoms with van der Waals surface area (Å²) in [7, 11) is 0. The number of rotatable bonds is 6. The van der Waals surface area contributed by atoms with Crippen molar-refractivity contribution in [3.8, 4) is 0 Å². The van der Waals surface area contributed by atoms with E-state index in [2.05, 4.69) is 34.2 Å². The van der Waals surface area contributed by atoms with Crippen molar-refractivity contribution in [3.63, 3.8) is 0 Å². The normalized spacial score (nSPS) is 12.6. The molecule has 0 amide bonds. The van der Waals surface area contributed by atoms with Crippen LogP contribution in [0.15, 0.2) is 30.9 Å². The lowest BCUT2D eigenvalue weighted by Gasteiger charge is -2.15. The van der Waals surface area contributed by atoms with Crippen LogP contribution < -0.4 is 5.32 Å². The minimum atomic E-state index is 0.0199. The third kappa shape index (κ3) is 2.92. The molecule has 0 aliphatic carbocycles. The van der Waals surface area contributed by atoms with E-state index >= 15 is 0 Å². The van der Waals surface area contributed by atoms with Gasteiger partial charge in [-0.2, -0.15) is 5.10 Å².